The molecule has 0 saturated heterocycles. The van der Waals surface area contributed by atoms with Crippen LogP contribution in [0.4, 0.5) is 0 Å². The Morgan fingerprint density at radius 2 is 2.12 bits per heavy atom. The summed E-state index contributed by atoms with van der Waals surface area (Å²) >= 11 is 11.7. The molecule has 0 spiro atoms. The van der Waals surface area contributed by atoms with Gasteiger partial charge in [-0.1, -0.05) is 35.4 Å². The fourth-order valence-electron chi connectivity index (χ4n) is 1.22. The molecule has 0 atom stereocenters. The van der Waals surface area contributed by atoms with E-state index < -0.39 is 0 Å². The van der Waals surface area contributed by atoms with E-state index in [2.05, 4.69) is 5.32 Å². The number of carbonyl (C=O) groups excluding carboxylic acids is 1. The van der Waals surface area contributed by atoms with E-state index >= 15 is 0 Å². The highest BCUT2D eigenvalue weighted by Crippen LogP contribution is 2.30. The van der Waals surface area contributed by atoms with E-state index in [1.54, 1.807) is 12.1 Å². The van der Waals surface area contributed by atoms with Gasteiger partial charge in [0.25, 0.3) is 0 Å². The molecule has 5 heteroatoms. The highest BCUT2D eigenvalue weighted by atomic mass is 35.5. The van der Waals surface area contributed by atoms with Crippen LogP contribution in [-0.4, -0.2) is 17.6 Å². The molecule has 17 heavy (non-hydrogen) atoms. The van der Waals surface area contributed by atoms with E-state index in [9.17, 15) is 9.90 Å². The lowest BCUT2D eigenvalue weighted by Crippen LogP contribution is -2.20. The Balaban J connectivity index is 2.59. The van der Waals surface area contributed by atoms with Crippen molar-refractivity contribution < 1.29 is 9.90 Å². The molecule has 0 heterocycles. The van der Waals surface area contributed by atoms with E-state index in [1.807, 2.05) is 6.08 Å². The molecule has 1 aromatic rings. The zero-order valence-corrected chi connectivity index (χ0v) is 10.8. The summed E-state index contributed by atoms with van der Waals surface area (Å²) < 4.78 is 0. The molecule has 1 rings (SSSR count). The number of hydrogen-bond acceptors (Lipinski definition) is 2. The topological polar surface area (TPSA) is 49.3 Å². The van der Waals surface area contributed by atoms with Crippen LogP contribution in [0.15, 0.2) is 18.2 Å². The maximum atomic E-state index is 10.6. The molecule has 0 aliphatic heterocycles. The number of carbonyl (C=O) groups is 1. The van der Waals surface area contributed by atoms with Gasteiger partial charge in [-0.05, 0) is 18.1 Å². The molecule has 1 amide bonds. The lowest BCUT2D eigenvalue weighted by molar-refractivity contribution is -0.118. The van der Waals surface area contributed by atoms with Crippen molar-refractivity contribution in [2.45, 2.75) is 13.3 Å². The zero-order valence-electron chi connectivity index (χ0n) is 9.34. The Bertz CT molecular complexity index is 444. The predicted molar refractivity (Wildman–Crippen MR) is 70.5 cm³/mol. The molecule has 0 aromatic heterocycles. The summed E-state index contributed by atoms with van der Waals surface area (Å²) in [6, 6.07) is 2.99. The molecular formula is C12H13Cl2NO2. The number of rotatable bonds is 4. The molecule has 0 fully saturated rings. The Kier molecular flexibility index (Phi) is 5.32. The van der Waals surface area contributed by atoms with Crippen molar-refractivity contribution in [3.05, 3.63) is 33.8 Å². The molecule has 0 saturated carbocycles. The monoisotopic (exact) mass is 273 g/mol. The summed E-state index contributed by atoms with van der Waals surface area (Å²) in [5.41, 5.74) is 0.734. The van der Waals surface area contributed by atoms with Crippen molar-refractivity contribution in [2.24, 2.45) is 0 Å². The van der Waals surface area contributed by atoms with Crippen LogP contribution in [0.25, 0.3) is 6.08 Å². The molecule has 2 N–H and O–H groups in total. The van der Waals surface area contributed by atoms with Gasteiger partial charge in [0.15, 0.2) is 0 Å². The number of phenolic OH excluding ortho intramolecular Hbond substituents is 1. The number of nitrogens with one attached hydrogen (secondary N) is 1. The fraction of sp³-hybridized carbons (Fsp3) is 0.250. The molecular weight excluding hydrogens is 261 g/mol. The second-order valence-electron chi connectivity index (χ2n) is 3.50. The first-order valence-electron chi connectivity index (χ1n) is 5.09. The first-order chi connectivity index (χ1) is 8.00. The summed E-state index contributed by atoms with van der Waals surface area (Å²) in [5.74, 6) is -0.0869. The van der Waals surface area contributed by atoms with Gasteiger partial charge in [-0.15, -0.1) is 0 Å². The van der Waals surface area contributed by atoms with Crippen LogP contribution in [-0.2, 0) is 4.79 Å². The molecule has 0 unspecified atom stereocenters. The van der Waals surface area contributed by atoms with Crippen LogP contribution in [0.1, 0.15) is 18.9 Å². The summed E-state index contributed by atoms with van der Waals surface area (Å²) in [7, 11) is 0. The zero-order chi connectivity index (χ0) is 12.8. The highest BCUT2D eigenvalue weighted by molar-refractivity contribution is 6.35. The van der Waals surface area contributed by atoms with Gasteiger partial charge in [0.1, 0.15) is 5.75 Å². The maximum absolute atomic E-state index is 10.6. The van der Waals surface area contributed by atoms with Crippen molar-refractivity contribution in [1.82, 2.24) is 5.32 Å². The lowest BCUT2D eigenvalue weighted by atomic mass is 10.2. The number of aromatic hydroxyl groups is 1. The Morgan fingerprint density at radius 1 is 1.41 bits per heavy atom. The van der Waals surface area contributed by atoms with Gasteiger partial charge in [0.05, 0.1) is 10.0 Å². The van der Waals surface area contributed by atoms with Crippen LogP contribution in [0.5, 0.6) is 5.75 Å². The number of benzene rings is 1. The fourth-order valence-corrected chi connectivity index (χ4v) is 1.61. The molecule has 1 aromatic carbocycles. The summed E-state index contributed by atoms with van der Waals surface area (Å²) in [4.78, 5) is 10.6. The van der Waals surface area contributed by atoms with Crippen LogP contribution in [0, 0.1) is 0 Å². The predicted octanol–water partition coefficient (Wildman–Crippen LogP) is 3.24. The van der Waals surface area contributed by atoms with Crippen molar-refractivity contribution in [1.29, 1.82) is 0 Å². The molecule has 0 aliphatic rings. The average molecular weight is 274 g/mol. The second-order valence-corrected chi connectivity index (χ2v) is 4.31. The van der Waals surface area contributed by atoms with Crippen molar-refractivity contribution >= 4 is 35.2 Å². The SMILES string of the molecule is CC(=O)NCCC=Cc1cc(Cl)c(O)cc1Cl. The Morgan fingerprint density at radius 3 is 2.76 bits per heavy atom. The minimum absolute atomic E-state index is 0.0351. The normalized spacial score (nSPS) is 10.8. The first kappa shape index (κ1) is 13.9. The molecule has 0 radical (unpaired) electrons. The van der Waals surface area contributed by atoms with E-state index in [0.29, 0.717) is 18.0 Å². The van der Waals surface area contributed by atoms with Gasteiger partial charge in [-0.25, -0.2) is 0 Å². The van der Waals surface area contributed by atoms with Crippen LogP contribution < -0.4 is 5.32 Å². The number of hydrogen-bond donors (Lipinski definition) is 2. The van der Waals surface area contributed by atoms with E-state index in [4.69, 9.17) is 23.2 Å². The largest absolute Gasteiger partial charge is 0.506 e. The van der Waals surface area contributed by atoms with Crippen LogP contribution in [0.3, 0.4) is 0 Å². The third-order valence-electron chi connectivity index (χ3n) is 2.05. The van der Waals surface area contributed by atoms with E-state index in [1.165, 1.54) is 13.0 Å². The Hall–Kier alpha value is -1.19. The maximum Gasteiger partial charge on any atom is 0.216 e. The first-order valence-corrected chi connectivity index (χ1v) is 5.85. The molecule has 0 aliphatic carbocycles. The standard InChI is InChI=1S/C12H13Cl2NO2/c1-8(16)15-5-3-2-4-9-6-11(14)12(17)7-10(9)13/h2,4,6-7,17H,3,5H2,1H3,(H,15,16). The third-order valence-corrected chi connectivity index (χ3v) is 2.68. The van der Waals surface area contributed by atoms with Crippen LogP contribution >= 0.6 is 23.2 Å². The van der Waals surface area contributed by atoms with Gasteiger partial charge in [-0.2, -0.15) is 0 Å². The average Bonchev–Trinajstić information content (AvgIpc) is 2.24. The van der Waals surface area contributed by atoms with Crippen molar-refractivity contribution in [3.8, 4) is 5.75 Å². The Labute approximate surface area is 110 Å². The smallest absolute Gasteiger partial charge is 0.216 e. The van der Waals surface area contributed by atoms with Gasteiger partial charge in [-0.3, -0.25) is 4.79 Å². The van der Waals surface area contributed by atoms with Crippen molar-refractivity contribution in [3.63, 3.8) is 0 Å². The van der Waals surface area contributed by atoms with Crippen LogP contribution in [0.2, 0.25) is 10.0 Å². The number of phenols is 1. The minimum atomic E-state index is -0.0517. The van der Waals surface area contributed by atoms with Gasteiger partial charge in [0, 0.05) is 19.5 Å². The summed E-state index contributed by atoms with van der Waals surface area (Å²) in [6.45, 7) is 2.05. The number of amides is 1. The van der Waals surface area contributed by atoms with Gasteiger partial charge >= 0.3 is 0 Å². The molecule has 0 bridgehead atoms. The summed E-state index contributed by atoms with van der Waals surface area (Å²) in [6.07, 6.45) is 4.38. The highest BCUT2D eigenvalue weighted by Gasteiger charge is 2.03. The van der Waals surface area contributed by atoms with Gasteiger partial charge < -0.3 is 10.4 Å². The number of halogens is 2. The van der Waals surface area contributed by atoms with E-state index in [0.717, 1.165) is 5.56 Å². The quantitative estimate of drug-likeness (QED) is 0.828. The summed E-state index contributed by atoms with van der Waals surface area (Å²) in [5, 5.41) is 12.7. The minimum Gasteiger partial charge on any atom is -0.506 e. The van der Waals surface area contributed by atoms with Crippen molar-refractivity contribution in [2.75, 3.05) is 6.54 Å². The molecule has 92 valence electrons. The lowest BCUT2D eigenvalue weighted by Gasteiger charge is -2.02. The molecule has 3 nitrogen and oxygen atoms in total. The second kappa shape index (κ2) is 6.52. The van der Waals surface area contributed by atoms with Gasteiger partial charge in [0.2, 0.25) is 5.91 Å². The third kappa shape index (κ3) is 4.67. The van der Waals surface area contributed by atoms with E-state index in [-0.39, 0.29) is 16.7 Å².